The van der Waals surface area contributed by atoms with Crippen LogP contribution in [0, 0.1) is 5.82 Å². The van der Waals surface area contributed by atoms with E-state index in [1.165, 1.54) is 6.07 Å². The Hall–Kier alpha value is -0.450. The Morgan fingerprint density at radius 1 is 1.53 bits per heavy atom. The standard InChI is InChI=1S/C13H18BrFN2/c1-2-6-17-7-5-12(16)13(17)10-4-3-9(14)8-11(10)15/h3-4,8,12-13H,2,5-7,16H2,1H3. The summed E-state index contributed by atoms with van der Waals surface area (Å²) in [5, 5.41) is 0. The van der Waals surface area contributed by atoms with E-state index in [1.807, 2.05) is 12.1 Å². The van der Waals surface area contributed by atoms with Crippen molar-refractivity contribution < 1.29 is 4.39 Å². The molecule has 0 spiro atoms. The second kappa shape index (κ2) is 5.46. The number of nitrogens with two attached hydrogens (primary N) is 1. The van der Waals surface area contributed by atoms with E-state index in [4.69, 9.17) is 5.73 Å². The smallest absolute Gasteiger partial charge is 0.129 e. The second-order valence-corrected chi connectivity index (χ2v) is 5.51. The predicted octanol–water partition coefficient (Wildman–Crippen LogP) is 3.07. The van der Waals surface area contributed by atoms with Crippen molar-refractivity contribution in [1.29, 1.82) is 0 Å². The number of benzene rings is 1. The maximum absolute atomic E-state index is 14.0. The number of halogens is 2. The summed E-state index contributed by atoms with van der Waals surface area (Å²) >= 11 is 3.28. The number of hydrogen-bond donors (Lipinski definition) is 1. The lowest BCUT2D eigenvalue weighted by molar-refractivity contribution is 0.243. The molecule has 0 radical (unpaired) electrons. The summed E-state index contributed by atoms with van der Waals surface area (Å²) in [7, 11) is 0. The van der Waals surface area contributed by atoms with Gasteiger partial charge in [0.25, 0.3) is 0 Å². The summed E-state index contributed by atoms with van der Waals surface area (Å²) in [5.41, 5.74) is 6.85. The average Bonchev–Trinajstić information content (AvgIpc) is 2.62. The normalized spacial score (nSPS) is 25.4. The van der Waals surface area contributed by atoms with Gasteiger partial charge in [-0.15, -0.1) is 0 Å². The van der Waals surface area contributed by atoms with Crippen LogP contribution in [0.5, 0.6) is 0 Å². The third kappa shape index (κ3) is 2.69. The summed E-state index contributed by atoms with van der Waals surface area (Å²) in [6.07, 6.45) is 2.02. The van der Waals surface area contributed by atoms with Crippen LogP contribution in [0.25, 0.3) is 0 Å². The molecule has 1 aliphatic heterocycles. The Labute approximate surface area is 110 Å². The highest BCUT2D eigenvalue weighted by Crippen LogP contribution is 2.33. The summed E-state index contributed by atoms with van der Waals surface area (Å²) in [6, 6.07) is 5.32. The molecule has 0 aromatic heterocycles. The van der Waals surface area contributed by atoms with Crippen LogP contribution in [0.15, 0.2) is 22.7 Å². The van der Waals surface area contributed by atoms with Crippen molar-refractivity contribution in [3.8, 4) is 0 Å². The molecule has 17 heavy (non-hydrogen) atoms. The average molecular weight is 301 g/mol. The molecule has 1 aromatic carbocycles. The van der Waals surface area contributed by atoms with Gasteiger partial charge in [0.1, 0.15) is 5.82 Å². The predicted molar refractivity (Wildman–Crippen MR) is 71.3 cm³/mol. The number of likely N-dealkylation sites (tertiary alicyclic amines) is 1. The third-order valence-corrected chi connectivity index (χ3v) is 3.83. The molecule has 4 heteroatoms. The van der Waals surface area contributed by atoms with E-state index >= 15 is 0 Å². The fourth-order valence-electron chi connectivity index (χ4n) is 2.59. The van der Waals surface area contributed by atoms with Gasteiger partial charge in [0.2, 0.25) is 0 Å². The SMILES string of the molecule is CCCN1CCC(N)C1c1ccc(Br)cc1F. The van der Waals surface area contributed by atoms with Crippen LogP contribution < -0.4 is 5.73 Å². The molecule has 2 N–H and O–H groups in total. The lowest BCUT2D eigenvalue weighted by atomic mass is 10.00. The van der Waals surface area contributed by atoms with E-state index in [0.29, 0.717) is 0 Å². The highest BCUT2D eigenvalue weighted by atomic mass is 79.9. The molecular formula is C13H18BrFN2. The zero-order valence-electron chi connectivity index (χ0n) is 10.00. The van der Waals surface area contributed by atoms with Crippen molar-refractivity contribution in [2.45, 2.75) is 31.8 Å². The van der Waals surface area contributed by atoms with Gasteiger partial charge in [-0.2, -0.15) is 0 Å². The molecule has 0 bridgehead atoms. The van der Waals surface area contributed by atoms with Crippen molar-refractivity contribution in [3.05, 3.63) is 34.1 Å². The molecule has 1 heterocycles. The molecule has 2 unspecified atom stereocenters. The van der Waals surface area contributed by atoms with Crippen molar-refractivity contribution in [2.24, 2.45) is 5.73 Å². The molecule has 2 nitrogen and oxygen atoms in total. The Morgan fingerprint density at radius 3 is 2.94 bits per heavy atom. The lowest BCUT2D eigenvalue weighted by Gasteiger charge is -2.27. The third-order valence-electron chi connectivity index (χ3n) is 3.34. The lowest BCUT2D eigenvalue weighted by Crippen LogP contribution is -2.32. The minimum atomic E-state index is -0.164. The van der Waals surface area contributed by atoms with E-state index < -0.39 is 0 Å². The fourth-order valence-corrected chi connectivity index (χ4v) is 2.92. The van der Waals surface area contributed by atoms with Gasteiger partial charge in [0.05, 0.1) is 6.04 Å². The molecule has 0 amide bonds. The summed E-state index contributed by atoms with van der Waals surface area (Å²) in [6.45, 7) is 4.09. The van der Waals surface area contributed by atoms with Crippen LogP contribution in [0.2, 0.25) is 0 Å². The van der Waals surface area contributed by atoms with E-state index in [9.17, 15) is 4.39 Å². The number of nitrogens with zero attached hydrogens (tertiary/aromatic N) is 1. The molecule has 1 saturated heterocycles. The van der Waals surface area contributed by atoms with Crippen LogP contribution in [-0.2, 0) is 0 Å². The zero-order chi connectivity index (χ0) is 12.4. The molecule has 2 atom stereocenters. The summed E-state index contributed by atoms with van der Waals surface area (Å²) in [5.74, 6) is -0.164. The van der Waals surface area contributed by atoms with Crippen molar-refractivity contribution in [2.75, 3.05) is 13.1 Å². The number of hydrogen-bond acceptors (Lipinski definition) is 2. The summed E-state index contributed by atoms with van der Waals surface area (Å²) in [4.78, 5) is 2.29. The first-order valence-electron chi connectivity index (χ1n) is 6.08. The molecule has 2 rings (SSSR count). The molecule has 94 valence electrons. The van der Waals surface area contributed by atoms with E-state index in [-0.39, 0.29) is 17.9 Å². The molecule has 1 aromatic rings. The van der Waals surface area contributed by atoms with Crippen molar-refractivity contribution in [3.63, 3.8) is 0 Å². The minimum absolute atomic E-state index is 0.0306. The van der Waals surface area contributed by atoms with Crippen LogP contribution in [0.3, 0.4) is 0 Å². The van der Waals surface area contributed by atoms with Crippen molar-refractivity contribution in [1.82, 2.24) is 4.90 Å². The van der Waals surface area contributed by atoms with E-state index in [1.54, 1.807) is 0 Å². The van der Waals surface area contributed by atoms with Crippen molar-refractivity contribution >= 4 is 15.9 Å². The van der Waals surface area contributed by atoms with E-state index in [2.05, 4.69) is 27.8 Å². The van der Waals surface area contributed by atoms with Gasteiger partial charge in [0.15, 0.2) is 0 Å². The van der Waals surface area contributed by atoms with Gasteiger partial charge in [-0.3, -0.25) is 4.90 Å². The summed E-state index contributed by atoms with van der Waals surface area (Å²) < 4.78 is 14.7. The van der Waals surface area contributed by atoms with Gasteiger partial charge >= 0.3 is 0 Å². The monoisotopic (exact) mass is 300 g/mol. The molecule has 1 fully saturated rings. The highest BCUT2D eigenvalue weighted by Gasteiger charge is 2.33. The topological polar surface area (TPSA) is 29.3 Å². The quantitative estimate of drug-likeness (QED) is 0.929. The van der Waals surface area contributed by atoms with Gasteiger partial charge < -0.3 is 5.73 Å². The van der Waals surface area contributed by atoms with Gasteiger partial charge in [0, 0.05) is 22.6 Å². The molecule has 0 saturated carbocycles. The van der Waals surface area contributed by atoms with Crippen LogP contribution in [0.1, 0.15) is 31.4 Å². The Kier molecular flexibility index (Phi) is 4.17. The Balaban J connectivity index is 2.29. The van der Waals surface area contributed by atoms with Crippen LogP contribution in [-0.4, -0.2) is 24.0 Å². The molecule has 0 aliphatic carbocycles. The maximum atomic E-state index is 14.0. The second-order valence-electron chi connectivity index (χ2n) is 4.60. The fraction of sp³-hybridized carbons (Fsp3) is 0.538. The van der Waals surface area contributed by atoms with Crippen LogP contribution in [0.4, 0.5) is 4.39 Å². The van der Waals surface area contributed by atoms with Gasteiger partial charge in [-0.05, 0) is 31.5 Å². The number of rotatable bonds is 3. The Morgan fingerprint density at radius 2 is 2.29 bits per heavy atom. The first-order valence-corrected chi connectivity index (χ1v) is 6.87. The van der Waals surface area contributed by atoms with Gasteiger partial charge in [-0.25, -0.2) is 4.39 Å². The Bertz CT molecular complexity index is 395. The van der Waals surface area contributed by atoms with Crippen LogP contribution >= 0.6 is 15.9 Å². The highest BCUT2D eigenvalue weighted by molar-refractivity contribution is 9.10. The first-order chi connectivity index (χ1) is 8.13. The largest absolute Gasteiger partial charge is 0.326 e. The maximum Gasteiger partial charge on any atom is 0.129 e. The van der Waals surface area contributed by atoms with Gasteiger partial charge in [-0.1, -0.05) is 28.9 Å². The van der Waals surface area contributed by atoms with E-state index in [0.717, 1.165) is 36.0 Å². The first kappa shape index (κ1) is 13.0. The minimum Gasteiger partial charge on any atom is -0.326 e. The molecule has 1 aliphatic rings. The zero-order valence-corrected chi connectivity index (χ0v) is 11.6. The molecular weight excluding hydrogens is 283 g/mol.